The van der Waals surface area contributed by atoms with Crippen LogP contribution in [-0.2, 0) is 4.79 Å². The lowest BCUT2D eigenvalue weighted by Crippen LogP contribution is -2.33. The van der Waals surface area contributed by atoms with Crippen LogP contribution < -0.4 is 5.32 Å². The monoisotopic (exact) mass is 332 g/mol. The van der Waals surface area contributed by atoms with Crippen LogP contribution in [0.25, 0.3) is 5.65 Å². The van der Waals surface area contributed by atoms with Crippen LogP contribution in [0.4, 0.5) is 0 Å². The van der Waals surface area contributed by atoms with Crippen LogP contribution in [0.5, 0.6) is 0 Å². The summed E-state index contributed by atoms with van der Waals surface area (Å²) in [5.74, 6) is 0.240. The van der Waals surface area contributed by atoms with E-state index in [1.54, 1.807) is 16.7 Å². The first-order valence-electron chi connectivity index (χ1n) is 6.13. The summed E-state index contributed by atoms with van der Waals surface area (Å²) in [4.78, 5) is 11.7. The Hall–Kier alpha value is -0.980. The summed E-state index contributed by atoms with van der Waals surface area (Å²) < 4.78 is 1.69. The predicted molar refractivity (Wildman–Crippen MR) is 81.6 cm³/mol. The standard InChI is InChI=1S/C12H14Cl2N4OS/c1-3-7(2)15-10(19)6-20-12-17-16-11-9(14)4-8(13)5-18(11)12/h4-5,7H,3,6H2,1-2H3,(H,15,19)/t7-/m0/s1. The summed E-state index contributed by atoms with van der Waals surface area (Å²) in [6.07, 6.45) is 2.58. The fourth-order valence-electron chi connectivity index (χ4n) is 1.55. The summed E-state index contributed by atoms with van der Waals surface area (Å²) in [7, 11) is 0. The van der Waals surface area contributed by atoms with Gasteiger partial charge in [0, 0.05) is 12.2 Å². The predicted octanol–water partition coefficient (Wildman–Crippen LogP) is 3.04. The number of fused-ring (bicyclic) bond motifs is 1. The lowest BCUT2D eigenvalue weighted by Gasteiger charge is -2.10. The molecule has 0 saturated heterocycles. The summed E-state index contributed by atoms with van der Waals surface area (Å²) >= 11 is 13.3. The lowest BCUT2D eigenvalue weighted by atomic mass is 10.3. The number of carbonyl (C=O) groups excluding carboxylic acids is 1. The van der Waals surface area contributed by atoms with Gasteiger partial charge in [-0.1, -0.05) is 41.9 Å². The van der Waals surface area contributed by atoms with Crippen molar-refractivity contribution in [1.82, 2.24) is 19.9 Å². The molecule has 0 radical (unpaired) electrons. The van der Waals surface area contributed by atoms with Crippen molar-refractivity contribution in [1.29, 1.82) is 0 Å². The Balaban J connectivity index is 2.09. The van der Waals surface area contributed by atoms with Crippen molar-refractivity contribution >= 4 is 46.5 Å². The van der Waals surface area contributed by atoms with E-state index in [1.807, 2.05) is 13.8 Å². The maximum atomic E-state index is 11.7. The topological polar surface area (TPSA) is 59.3 Å². The molecule has 0 fully saturated rings. The van der Waals surface area contributed by atoms with Crippen molar-refractivity contribution in [3.05, 3.63) is 22.3 Å². The van der Waals surface area contributed by atoms with Crippen LogP contribution in [-0.4, -0.2) is 32.3 Å². The Morgan fingerprint density at radius 3 is 2.95 bits per heavy atom. The maximum Gasteiger partial charge on any atom is 0.230 e. The van der Waals surface area contributed by atoms with Crippen LogP contribution in [0.3, 0.4) is 0 Å². The summed E-state index contributed by atoms with van der Waals surface area (Å²) in [6.45, 7) is 3.99. The van der Waals surface area contributed by atoms with E-state index in [0.717, 1.165) is 6.42 Å². The zero-order valence-corrected chi connectivity index (χ0v) is 13.4. The molecule has 108 valence electrons. The molecule has 2 aromatic rings. The highest BCUT2D eigenvalue weighted by molar-refractivity contribution is 7.99. The molecule has 0 spiro atoms. The van der Waals surface area contributed by atoms with Crippen LogP contribution in [0.2, 0.25) is 10.0 Å². The first kappa shape index (κ1) is 15.4. The van der Waals surface area contributed by atoms with Gasteiger partial charge in [0.05, 0.1) is 15.8 Å². The second kappa shape index (κ2) is 6.65. The van der Waals surface area contributed by atoms with Crippen molar-refractivity contribution in [2.24, 2.45) is 0 Å². The molecular weight excluding hydrogens is 319 g/mol. The quantitative estimate of drug-likeness (QED) is 0.855. The minimum atomic E-state index is -0.0331. The smallest absolute Gasteiger partial charge is 0.230 e. The fraction of sp³-hybridized carbons (Fsp3) is 0.417. The Labute approximate surface area is 131 Å². The molecule has 1 atom stereocenters. The minimum Gasteiger partial charge on any atom is -0.353 e. The highest BCUT2D eigenvalue weighted by atomic mass is 35.5. The minimum absolute atomic E-state index is 0.0331. The van der Waals surface area contributed by atoms with Gasteiger partial charge in [-0.3, -0.25) is 9.20 Å². The van der Waals surface area contributed by atoms with E-state index in [-0.39, 0.29) is 17.7 Å². The molecule has 0 bridgehead atoms. The first-order chi connectivity index (χ1) is 9.51. The van der Waals surface area contributed by atoms with Crippen molar-refractivity contribution < 1.29 is 4.79 Å². The molecule has 0 aliphatic carbocycles. The molecule has 5 nitrogen and oxygen atoms in total. The number of amides is 1. The van der Waals surface area contributed by atoms with E-state index >= 15 is 0 Å². The Morgan fingerprint density at radius 1 is 1.50 bits per heavy atom. The summed E-state index contributed by atoms with van der Waals surface area (Å²) in [6, 6.07) is 1.78. The third-order valence-corrected chi connectivity index (χ3v) is 4.18. The van der Waals surface area contributed by atoms with Gasteiger partial charge in [0.2, 0.25) is 5.91 Å². The molecule has 2 aromatic heterocycles. The molecule has 20 heavy (non-hydrogen) atoms. The number of pyridine rings is 1. The van der Waals surface area contributed by atoms with Crippen LogP contribution in [0.15, 0.2) is 17.4 Å². The van der Waals surface area contributed by atoms with Crippen molar-refractivity contribution in [3.8, 4) is 0 Å². The lowest BCUT2D eigenvalue weighted by molar-refractivity contribution is -0.119. The molecule has 0 unspecified atom stereocenters. The highest BCUT2D eigenvalue weighted by Crippen LogP contribution is 2.25. The zero-order chi connectivity index (χ0) is 14.7. The summed E-state index contributed by atoms with van der Waals surface area (Å²) in [5.41, 5.74) is 0.529. The van der Waals surface area contributed by atoms with Crippen LogP contribution >= 0.6 is 35.0 Å². The van der Waals surface area contributed by atoms with Gasteiger partial charge >= 0.3 is 0 Å². The van der Waals surface area contributed by atoms with E-state index < -0.39 is 0 Å². The van der Waals surface area contributed by atoms with E-state index in [1.165, 1.54) is 11.8 Å². The summed E-state index contributed by atoms with van der Waals surface area (Å²) in [5, 5.41) is 12.4. The molecule has 1 N–H and O–H groups in total. The van der Waals surface area contributed by atoms with E-state index in [4.69, 9.17) is 23.2 Å². The number of thioether (sulfide) groups is 1. The number of hydrogen-bond donors (Lipinski definition) is 1. The number of hydrogen-bond acceptors (Lipinski definition) is 4. The van der Waals surface area contributed by atoms with Gasteiger partial charge in [0.1, 0.15) is 0 Å². The molecule has 1 amide bonds. The molecule has 0 aliphatic rings. The first-order valence-corrected chi connectivity index (χ1v) is 7.87. The largest absolute Gasteiger partial charge is 0.353 e. The SMILES string of the molecule is CC[C@H](C)NC(=O)CSc1nnc2c(Cl)cc(Cl)cn12. The number of aromatic nitrogens is 3. The molecule has 0 aliphatic heterocycles. The molecular formula is C12H14Cl2N4OS. The van der Waals surface area contributed by atoms with Crippen molar-refractivity contribution in [3.63, 3.8) is 0 Å². The normalized spacial score (nSPS) is 12.6. The molecule has 2 rings (SSSR count). The van der Waals surface area contributed by atoms with E-state index in [9.17, 15) is 4.79 Å². The van der Waals surface area contributed by atoms with Gasteiger partial charge in [-0.2, -0.15) is 0 Å². The number of halogens is 2. The molecule has 0 saturated carbocycles. The number of rotatable bonds is 5. The maximum absolute atomic E-state index is 11.7. The third kappa shape index (κ3) is 3.56. The second-order valence-corrected chi connectivity index (χ2v) is 6.13. The molecule has 2 heterocycles. The average Bonchev–Trinajstić information content (AvgIpc) is 2.79. The second-order valence-electron chi connectivity index (χ2n) is 4.35. The number of carbonyl (C=O) groups is 1. The zero-order valence-electron chi connectivity index (χ0n) is 11.1. The van der Waals surface area contributed by atoms with Gasteiger partial charge in [0.15, 0.2) is 10.8 Å². The van der Waals surface area contributed by atoms with Gasteiger partial charge in [-0.25, -0.2) is 0 Å². The van der Waals surface area contributed by atoms with Crippen LogP contribution in [0, 0.1) is 0 Å². The van der Waals surface area contributed by atoms with Gasteiger partial charge < -0.3 is 5.32 Å². The van der Waals surface area contributed by atoms with Crippen molar-refractivity contribution in [2.45, 2.75) is 31.5 Å². The molecule has 8 heteroatoms. The highest BCUT2D eigenvalue weighted by Gasteiger charge is 2.13. The fourth-order valence-corrected chi connectivity index (χ4v) is 2.78. The third-order valence-electron chi connectivity index (χ3n) is 2.75. The van der Waals surface area contributed by atoms with Gasteiger partial charge in [0.25, 0.3) is 0 Å². The Kier molecular flexibility index (Phi) is 5.12. The average molecular weight is 333 g/mol. The Bertz CT molecular complexity index is 631. The van der Waals surface area contributed by atoms with E-state index in [2.05, 4.69) is 15.5 Å². The van der Waals surface area contributed by atoms with Gasteiger partial charge in [-0.15, -0.1) is 10.2 Å². The Morgan fingerprint density at radius 2 is 2.25 bits per heavy atom. The van der Waals surface area contributed by atoms with Gasteiger partial charge in [-0.05, 0) is 19.4 Å². The van der Waals surface area contributed by atoms with E-state index in [0.29, 0.717) is 20.8 Å². The molecule has 0 aromatic carbocycles. The van der Waals surface area contributed by atoms with Crippen LogP contribution in [0.1, 0.15) is 20.3 Å². The van der Waals surface area contributed by atoms with Crippen molar-refractivity contribution in [2.75, 3.05) is 5.75 Å². The number of nitrogens with zero attached hydrogens (tertiary/aromatic N) is 3. The number of nitrogens with one attached hydrogen (secondary N) is 1.